The van der Waals surface area contributed by atoms with Gasteiger partial charge in [-0.2, -0.15) is 5.26 Å². The minimum absolute atomic E-state index is 0.0422. The van der Waals surface area contributed by atoms with Crippen molar-refractivity contribution in [2.75, 3.05) is 7.11 Å². The summed E-state index contributed by atoms with van der Waals surface area (Å²) in [5, 5.41) is 9.11. The predicted octanol–water partition coefficient (Wildman–Crippen LogP) is 5.89. The standard InChI is InChI=1S/C27H30FN3O2/c1-5-7-8-18(6-2)15-24-30-26(20-9-10-21(17-29)23(28)16-20)25(27(32)31(24)3)19-11-13-22(33-4)14-12-19/h9-14,16,18H,5-8,15H2,1-4H3. The van der Waals surface area contributed by atoms with Crippen LogP contribution in [0.15, 0.2) is 47.3 Å². The molecule has 0 aliphatic carbocycles. The van der Waals surface area contributed by atoms with Crippen LogP contribution < -0.4 is 10.3 Å². The van der Waals surface area contributed by atoms with Crippen molar-refractivity contribution >= 4 is 0 Å². The Hall–Kier alpha value is -3.46. The lowest BCUT2D eigenvalue weighted by Gasteiger charge is -2.19. The molecule has 0 bridgehead atoms. The van der Waals surface area contributed by atoms with Crippen molar-refractivity contribution in [3.8, 4) is 34.2 Å². The van der Waals surface area contributed by atoms with E-state index in [0.717, 1.165) is 25.7 Å². The summed E-state index contributed by atoms with van der Waals surface area (Å²) in [4.78, 5) is 18.5. The van der Waals surface area contributed by atoms with E-state index in [1.54, 1.807) is 49.1 Å². The molecule has 0 spiro atoms. The van der Waals surface area contributed by atoms with Crippen LogP contribution in [0.1, 0.15) is 50.9 Å². The van der Waals surface area contributed by atoms with Crippen molar-refractivity contribution in [1.82, 2.24) is 9.55 Å². The second kappa shape index (κ2) is 10.9. The Kier molecular flexibility index (Phi) is 8.00. The number of hydrogen-bond donors (Lipinski definition) is 0. The first-order valence-corrected chi connectivity index (χ1v) is 11.4. The van der Waals surface area contributed by atoms with Crippen LogP contribution in [0.5, 0.6) is 5.75 Å². The number of hydrogen-bond acceptors (Lipinski definition) is 4. The topological polar surface area (TPSA) is 67.9 Å². The summed E-state index contributed by atoms with van der Waals surface area (Å²) in [5.41, 5.74) is 1.74. The number of ether oxygens (including phenoxy) is 1. The zero-order valence-electron chi connectivity index (χ0n) is 19.7. The maximum Gasteiger partial charge on any atom is 0.261 e. The van der Waals surface area contributed by atoms with Gasteiger partial charge in [0, 0.05) is 19.0 Å². The molecule has 3 rings (SSSR count). The van der Waals surface area contributed by atoms with Crippen LogP contribution >= 0.6 is 0 Å². The van der Waals surface area contributed by atoms with Crippen molar-refractivity contribution in [3.05, 3.63) is 70.0 Å². The molecule has 0 radical (unpaired) electrons. The maximum absolute atomic E-state index is 14.5. The summed E-state index contributed by atoms with van der Waals surface area (Å²) < 4.78 is 21.4. The Morgan fingerprint density at radius 3 is 2.42 bits per heavy atom. The van der Waals surface area contributed by atoms with E-state index >= 15 is 0 Å². The van der Waals surface area contributed by atoms with Gasteiger partial charge >= 0.3 is 0 Å². The van der Waals surface area contributed by atoms with Crippen molar-refractivity contribution < 1.29 is 9.13 Å². The summed E-state index contributed by atoms with van der Waals surface area (Å²) in [7, 11) is 3.32. The van der Waals surface area contributed by atoms with Gasteiger partial charge in [0.05, 0.1) is 23.9 Å². The molecule has 0 aliphatic heterocycles. The zero-order chi connectivity index (χ0) is 24.0. The molecule has 2 aromatic carbocycles. The summed E-state index contributed by atoms with van der Waals surface area (Å²) in [6.45, 7) is 4.32. The van der Waals surface area contributed by atoms with Crippen LogP contribution in [0.25, 0.3) is 22.4 Å². The van der Waals surface area contributed by atoms with E-state index in [1.165, 1.54) is 12.1 Å². The fourth-order valence-electron chi connectivity index (χ4n) is 4.01. The Balaban J connectivity index is 2.21. The summed E-state index contributed by atoms with van der Waals surface area (Å²) >= 11 is 0. The lowest BCUT2D eigenvalue weighted by atomic mass is 9.94. The van der Waals surface area contributed by atoms with Gasteiger partial charge in [0.2, 0.25) is 0 Å². The van der Waals surface area contributed by atoms with Crippen LogP contribution in [0.3, 0.4) is 0 Å². The van der Waals surface area contributed by atoms with Crippen LogP contribution in [0.2, 0.25) is 0 Å². The lowest BCUT2D eigenvalue weighted by molar-refractivity contribution is 0.415. The van der Waals surface area contributed by atoms with Gasteiger partial charge in [-0.15, -0.1) is 0 Å². The Morgan fingerprint density at radius 1 is 1.15 bits per heavy atom. The van der Waals surface area contributed by atoms with Crippen LogP contribution in [0, 0.1) is 23.1 Å². The molecule has 0 fully saturated rings. The van der Waals surface area contributed by atoms with Gasteiger partial charge in [0.25, 0.3) is 5.56 Å². The highest BCUT2D eigenvalue weighted by atomic mass is 19.1. The van der Waals surface area contributed by atoms with Crippen LogP contribution in [-0.4, -0.2) is 16.7 Å². The summed E-state index contributed by atoms with van der Waals surface area (Å²) in [5.74, 6) is 1.14. The molecule has 1 unspecified atom stereocenters. The fraction of sp³-hybridized carbons (Fsp3) is 0.370. The number of nitrogens with zero attached hydrogens (tertiary/aromatic N) is 3. The third kappa shape index (κ3) is 5.31. The van der Waals surface area contributed by atoms with Gasteiger partial charge in [-0.3, -0.25) is 9.36 Å². The SMILES string of the molecule is CCCCC(CC)Cc1nc(-c2ccc(C#N)c(F)c2)c(-c2ccc(OC)cc2)c(=O)n1C. The second-order valence-electron chi connectivity index (χ2n) is 8.27. The molecular formula is C27H30FN3O2. The summed E-state index contributed by atoms with van der Waals surface area (Å²) in [6.07, 6.45) is 5.00. The molecule has 1 aromatic heterocycles. The Labute approximate surface area is 194 Å². The van der Waals surface area contributed by atoms with E-state index in [2.05, 4.69) is 13.8 Å². The van der Waals surface area contributed by atoms with E-state index in [9.17, 15) is 9.18 Å². The normalized spacial score (nSPS) is 11.8. The predicted molar refractivity (Wildman–Crippen MR) is 129 cm³/mol. The van der Waals surface area contributed by atoms with Gasteiger partial charge in [-0.05, 0) is 35.7 Å². The van der Waals surface area contributed by atoms with E-state index in [-0.39, 0.29) is 11.1 Å². The second-order valence-corrected chi connectivity index (χ2v) is 8.27. The van der Waals surface area contributed by atoms with Crippen molar-refractivity contribution in [2.24, 2.45) is 13.0 Å². The number of aromatic nitrogens is 2. The molecule has 0 N–H and O–H groups in total. The van der Waals surface area contributed by atoms with Gasteiger partial charge in [0.1, 0.15) is 23.5 Å². The fourth-order valence-corrected chi connectivity index (χ4v) is 4.01. The van der Waals surface area contributed by atoms with Gasteiger partial charge < -0.3 is 4.74 Å². The average Bonchev–Trinajstić information content (AvgIpc) is 2.84. The molecule has 6 heteroatoms. The first-order valence-electron chi connectivity index (χ1n) is 11.4. The molecule has 33 heavy (non-hydrogen) atoms. The highest BCUT2D eigenvalue weighted by Crippen LogP contribution is 2.31. The highest BCUT2D eigenvalue weighted by Gasteiger charge is 2.21. The van der Waals surface area contributed by atoms with E-state index in [4.69, 9.17) is 15.0 Å². The van der Waals surface area contributed by atoms with Gasteiger partial charge in [0.15, 0.2) is 0 Å². The first kappa shape index (κ1) is 24.2. The Bertz CT molecular complexity index is 1210. The molecule has 0 saturated heterocycles. The van der Waals surface area contributed by atoms with E-state index in [0.29, 0.717) is 46.3 Å². The molecule has 5 nitrogen and oxygen atoms in total. The van der Waals surface area contributed by atoms with Crippen molar-refractivity contribution in [1.29, 1.82) is 5.26 Å². The molecule has 0 amide bonds. The quantitative estimate of drug-likeness (QED) is 0.410. The van der Waals surface area contributed by atoms with Gasteiger partial charge in [-0.25, -0.2) is 9.37 Å². The molecule has 1 heterocycles. The molecule has 3 aromatic rings. The van der Waals surface area contributed by atoms with Crippen LogP contribution in [-0.2, 0) is 13.5 Å². The molecule has 1 atom stereocenters. The molecule has 0 aliphatic rings. The number of halogens is 1. The third-order valence-corrected chi connectivity index (χ3v) is 6.14. The minimum atomic E-state index is -0.630. The lowest BCUT2D eigenvalue weighted by Crippen LogP contribution is -2.26. The molecule has 0 saturated carbocycles. The number of methoxy groups -OCH3 is 1. The van der Waals surface area contributed by atoms with Gasteiger partial charge in [-0.1, -0.05) is 57.7 Å². The average molecular weight is 448 g/mol. The number of rotatable bonds is 9. The smallest absolute Gasteiger partial charge is 0.261 e. The molecular weight excluding hydrogens is 417 g/mol. The minimum Gasteiger partial charge on any atom is -0.497 e. The van der Waals surface area contributed by atoms with E-state index < -0.39 is 5.82 Å². The largest absolute Gasteiger partial charge is 0.497 e. The Morgan fingerprint density at radius 2 is 1.85 bits per heavy atom. The third-order valence-electron chi connectivity index (χ3n) is 6.14. The monoisotopic (exact) mass is 447 g/mol. The number of nitriles is 1. The summed E-state index contributed by atoms with van der Waals surface area (Å²) in [6, 6.07) is 13.4. The highest BCUT2D eigenvalue weighted by molar-refractivity contribution is 5.80. The zero-order valence-corrected chi connectivity index (χ0v) is 19.7. The number of benzene rings is 2. The van der Waals surface area contributed by atoms with Crippen molar-refractivity contribution in [3.63, 3.8) is 0 Å². The molecule has 172 valence electrons. The van der Waals surface area contributed by atoms with Crippen molar-refractivity contribution in [2.45, 2.75) is 46.0 Å². The maximum atomic E-state index is 14.5. The number of unbranched alkanes of at least 4 members (excludes halogenated alkanes) is 1. The first-order chi connectivity index (χ1) is 15.9. The van der Waals surface area contributed by atoms with E-state index in [1.807, 2.05) is 6.07 Å². The van der Waals surface area contributed by atoms with Crippen LogP contribution in [0.4, 0.5) is 4.39 Å².